The second-order valence-corrected chi connectivity index (χ2v) is 7.27. The number of rotatable bonds is 5. The van der Waals surface area contributed by atoms with Gasteiger partial charge in [-0.25, -0.2) is 4.98 Å². The minimum atomic E-state index is -0.327. The monoisotopic (exact) mass is 423 g/mol. The molecule has 0 spiro atoms. The maximum atomic E-state index is 12.6. The normalized spacial score (nSPS) is 10.9. The van der Waals surface area contributed by atoms with E-state index in [1.165, 1.54) is 6.07 Å². The van der Waals surface area contributed by atoms with Gasteiger partial charge in [0.2, 0.25) is 0 Å². The fraction of sp³-hybridized carbons (Fsp3) is 0.136. The predicted molar refractivity (Wildman–Crippen MR) is 113 cm³/mol. The van der Waals surface area contributed by atoms with E-state index in [1.807, 2.05) is 19.1 Å². The van der Waals surface area contributed by atoms with Gasteiger partial charge in [0.15, 0.2) is 5.65 Å². The van der Waals surface area contributed by atoms with Gasteiger partial charge in [0.25, 0.3) is 11.5 Å². The smallest absolute Gasteiger partial charge is 0.287 e. The summed E-state index contributed by atoms with van der Waals surface area (Å²) in [5, 5.41) is 3.40. The minimum absolute atomic E-state index is 0.0588. The number of carbonyl (C=O) groups is 1. The topological polar surface area (TPSA) is 85.8 Å². The Morgan fingerprint density at radius 1 is 1.13 bits per heavy atom. The number of carbonyl (C=O) groups excluding carboxylic acids is 1. The van der Waals surface area contributed by atoms with E-state index in [0.717, 1.165) is 10.1 Å². The number of nitrogens with zero attached hydrogens (tertiary/aromatic N) is 2. The molecule has 0 aliphatic rings. The summed E-state index contributed by atoms with van der Waals surface area (Å²) in [7, 11) is 0. The van der Waals surface area contributed by atoms with Crippen LogP contribution in [0.25, 0.3) is 5.65 Å². The molecule has 2 aromatic heterocycles. The number of hydrogen-bond acceptors (Lipinski definition) is 5. The minimum Gasteiger partial charge on any atom is -0.485 e. The Kier molecular flexibility index (Phi) is 5.29. The molecule has 2 aromatic carbocycles. The summed E-state index contributed by atoms with van der Waals surface area (Å²) in [5.41, 5.74) is 2.49. The molecule has 0 bridgehead atoms. The molecule has 0 aliphatic heterocycles. The molecule has 2 heterocycles. The van der Waals surface area contributed by atoms with Crippen molar-refractivity contribution in [2.75, 3.05) is 5.32 Å². The molecule has 0 aliphatic carbocycles. The standard InChI is InChI=1S/C22H18ClN3O4/c1-13-3-8-18(25-22(28)15-4-6-16(23)7-5-15)19(9-13)29-12-17-11-21(27)26-20(24-17)10-14(2)30-26/h3-11H,12H2,1-2H3,(H,25,28). The molecule has 4 rings (SSSR count). The van der Waals surface area contributed by atoms with Gasteiger partial charge in [-0.15, -0.1) is 4.57 Å². The van der Waals surface area contributed by atoms with Crippen molar-refractivity contribution in [3.8, 4) is 5.75 Å². The molecule has 1 amide bonds. The quantitative estimate of drug-likeness (QED) is 0.514. The summed E-state index contributed by atoms with van der Waals surface area (Å²) in [4.78, 5) is 29.1. The number of ether oxygens (including phenoxy) is 1. The number of hydrogen-bond donors (Lipinski definition) is 1. The van der Waals surface area contributed by atoms with Gasteiger partial charge in [-0.3, -0.25) is 9.59 Å². The van der Waals surface area contributed by atoms with Crippen LogP contribution in [0.1, 0.15) is 27.4 Å². The van der Waals surface area contributed by atoms with Crippen LogP contribution in [0.15, 0.2) is 63.9 Å². The second-order valence-electron chi connectivity index (χ2n) is 6.83. The first-order valence-electron chi connectivity index (χ1n) is 9.19. The largest absolute Gasteiger partial charge is 0.485 e. The van der Waals surface area contributed by atoms with Gasteiger partial charge in [0.05, 0.1) is 11.4 Å². The number of fused-ring (bicyclic) bond motifs is 1. The first-order chi connectivity index (χ1) is 14.4. The molecule has 8 heteroatoms. The highest BCUT2D eigenvalue weighted by atomic mass is 35.5. The van der Waals surface area contributed by atoms with Crippen molar-refractivity contribution in [1.82, 2.24) is 9.56 Å². The number of aromatic nitrogens is 2. The van der Waals surface area contributed by atoms with Crippen LogP contribution in [0.2, 0.25) is 5.02 Å². The molecule has 30 heavy (non-hydrogen) atoms. The van der Waals surface area contributed by atoms with Gasteiger partial charge >= 0.3 is 0 Å². The third-order valence-corrected chi connectivity index (χ3v) is 4.64. The number of aryl methyl sites for hydroxylation is 2. The summed E-state index contributed by atoms with van der Waals surface area (Å²) < 4.78 is 12.3. The number of anilines is 1. The zero-order chi connectivity index (χ0) is 21.3. The van der Waals surface area contributed by atoms with Crippen LogP contribution in [-0.4, -0.2) is 15.5 Å². The zero-order valence-corrected chi connectivity index (χ0v) is 17.1. The highest BCUT2D eigenvalue weighted by molar-refractivity contribution is 6.30. The van der Waals surface area contributed by atoms with Crippen LogP contribution < -0.4 is 15.6 Å². The van der Waals surface area contributed by atoms with E-state index in [0.29, 0.717) is 39.1 Å². The fourth-order valence-corrected chi connectivity index (χ4v) is 3.07. The van der Waals surface area contributed by atoms with Gasteiger partial charge < -0.3 is 14.6 Å². The van der Waals surface area contributed by atoms with Crippen molar-refractivity contribution in [2.45, 2.75) is 20.5 Å². The Hall–Kier alpha value is -3.58. The molecular weight excluding hydrogens is 406 g/mol. The molecule has 0 atom stereocenters. The van der Waals surface area contributed by atoms with Crippen molar-refractivity contribution in [2.24, 2.45) is 0 Å². The molecule has 0 unspecified atom stereocenters. The maximum absolute atomic E-state index is 12.6. The molecule has 1 N–H and O–H groups in total. The molecular formula is C22H18ClN3O4. The Morgan fingerprint density at radius 3 is 2.67 bits per heavy atom. The Labute approximate surface area is 176 Å². The lowest BCUT2D eigenvalue weighted by atomic mass is 10.2. The van der Waals surface area contributed by atoms with Crippen LogP contribution in [0.4, 0.5) is 5.69 Å². The Morgan fingerprint density at radius 2 is 1.90 bits per heavy atom. The van der Waals surface area contributed by atoms with Gasteiger partial charge in [-0.2, -0.15) is 0 Å². The Bertz CT molecular complexity index is 1290. The van der Waals surface area contributed by atoms with Gasteiger partial charge in [-0.05, 0) is 55.8 Å². The van der Waals surface area contributed by atoms with E-state index in [9.17, 15) is 9.59 Å². The third-order valence-electron chi connectivity index (χ3n) is 4.39. The van der Waals surface area contributed by atoms with E-state index in [1.54, 1.807) is 43.3 Å². The molecule has 4 aromatic rings. The molecule has 0 radical (unpaired) electrons. The van der Waals surface area contributed by atoms with Crippen LogP contribution in [0.3, 0.4) is 0 Å². The molecule has 7 nitrogen and oxygen atoms in total. The number of nitrogens with one attached hydrogen (secondary N) is 1. The summed E-state index contributed by atoms with van der Waals surface area (Å²) in [6, 6.07) is 15.1. The first kappa shape index (κ1) is 19.7. The molecule has 0 saturated carbocycles. The van der Waals surface area contributed by atoms with Crippen LogP contribution in [0.5, 0.6) is 5.75 Å². The van der Waals surface area contributed by atoms with Gasteiger partial charge in [0.1, 0.15) is 18.1 Å². The lowest BCUT2D eigenvalue weighted by molar-refractivity contribution is 0.102. The lowest BCUT2D eigenvalue weighted by Crippen LogP contribution is -2.15. The Balaban J connectivity index is 1.55. The van der Waals surface area contributed by atoms with Gasteiger partial charge in [0, 0.05) is 22.7 Å². The summed E-state index contributed by atoms with van der Waals surface area (Å²) in [6.45, 7) is 3.72. The van der Waals surface area contributed by atoms with E-state index < -0.39 is 0 Å². The lowest BCUT2D eigenvalue weighted by Gasteiger charge is -2.13. The molecule has 152 valence electrons. The highest BCUT2D eigenvalue weighted by Gasteiger charge is 2.12. The predicted octanol–water partition coefficient (Wildman–Crippen LogP) is 4.39. The third kappa shape index (κ3) is 4.21. The summed E-state index contributed by atoms with van der Waals surface area (Å²) >= 11 is 5.88. The van der Waals surface area contributed by atoms with Crippen molar-refractivity contribution < 1.29 is 14.1 Å². The first-order valence-corrected chi connectivity index (χ1v) is 9.57. The number of halogens is 1. The summed E-state index contributed by atoms with van der Waals surface area (Å²) in [5.74, 6) is 0.776. The average molecular weight is 424 g/mol. The van der Waals surface area contributed by atoms with Crippen molar-refractivity contribution >= 4 is 28.8 Å². The van der Waals surface area contributed by atoms with Crippen molar-refractivity contribution in [3.05, 3.63) is 92.6 Å². The average Bonchev–Trinajstić information content (AvgIpc) is 3.09. The van der Waals surface area contributed by atoms with Crippen molar-refractivity contribution in [3.63, 3.8) is 0 Å². The van der Waals surface area contributed by atoms with Gasteiger partial charge in [-0.1, -0.05) is 17.7 Å². The highest BCUT2D eigenvalue weighted by Crippen LogP contribution is 2.27. The van der Waals surface area contributed by atoms with E-state index in [2.05, 4.69) is 10.3 Å². The second kappa shape index (κ2) is 8.04. The van der Waals surface area contributed by atoms with Crippen LogP contribution in [-0.2, 0) is 6.61 Å². The maximum Gasteiger partial charge on any atom is 0.287 e. The molecule has 0 saturated heterocycles. The van der Waals surface area contributed by atoms with E-state index in [-0.39, 0.29) is 18.1 Å². The fourth-order valence-electron chi connectivity index (χ4n) is 2.95. The zero-order valence-electron chi connectivity index (χ0n) is 16.3. The van der Waals surface area contributed by atoms with Crippen LogP contribution in [0, 0.1) is 13.8 Å². The summed E-state index contributed by atoms with van der Waals surface area (Å²) in [6.07, 6.45) is 0. The van der Waals surface area contributed by atoms with E-state index >= 15 is 0 Å². The van der Waals surface area contributed by atoms with Crippen molar-refractivity contribution in [1.29, 1.82) is 0 Å². The molecule has 0 fully saturated rings. The van der Waals surface area contributed by atoms with Crippen LogP contribution >= 0.6 is 11.6 Å². The van der Waals surface area contributed by atoms with E-state index in [4.69, 9.17) is 20.9 Å². The number of amides is 1. The SMILES string of the molecule is Cc1ccc(NC(=O)c2ccc(Cl)cc2)c(OCc2cc(=O)n3oc(C)cc3n2)c1. The number of benzene rings is 2.